The zero-order chi connectivity index (χ0) is 74.2. The molecule has 546 valence electrons. The number of rotatable bonds is 21. The molecule has 1 aliphatic carbocycles. The van der Waals surface area contributed by atoms with Crippen molar-refractivity contribution >= 4 is 105 Å². The number of hydrogen-bond donors (Lipinski definition) is 6. The van der Waals surface area contributed by atoms with Gasteiger partial charge in [-0.3, -0.25) is 38.4 Å². The number of amides is 10. The highest BCUT2D eigenvalue weighted by molar-refractivity contribution is 6.02. The van der Waals surface area contributed by atoms with E-state index in [9.17, 15) is 47.9 Å². The number of carbonyl (C=O) groups is 10. The molecule has 0 spiro atoms. The van der Waals surface area contributed by atoms with Gasteiger partial charge in [0.25, 0.3) is 0 Å². The van der Waals surface area contributed by atoms with Crippen molar-refractivity contribution in [1.82, 2.24) is 50.2 Å². The number of allylic oxidation sites excluding steroid dienone is 1. The van der Waals surface area contributed by atoms with Crippen molar-refractivity contribution in [3.05, 3.63) is 156 Å². The number of pyridine rings is 4. The quantitative estimate of drug-likeness (QED) is 0.0390. The Kier molecular flexibility index (Phi) is 22.7. The van der Waals surface area contributed by atoms with Crippen molar-refractivity contribution < 1.29 is 57.4 Å². The van der Waals surface area contributed by atoms with Crippen molar-refractivity contribution in [3.8, 4) is 22.3 Å². The van der Waals surface area contributed by atoms with E-state index in [0.717, 1.165) is 61.2 Å². The summed E-state index contributed by atoms with van der Waals surface area (Å²) in [6.45, 7) is 11.0. The molecule has 5 aliphatic rings. The zero-order valence-electron chi connectivity index (χ0n) is 60.0. The van der Waals surface area contributed by atoms with Gasteiger partial charge in [-0.15, -0.1) is 0 Å². The summed E-state index contributed by atoms with van der Waals surface area (Å²) in [4.78, 5) is 159. The van der Waals surface area contributed by atoms with E-state index in [4.69, 9.17) is 19.4 Å². The minimum Gasteiger partial charge on any atom is -0.453 e. The lowest BCUT2D eigenvalue weighted by Crippen LogP contribution is -2.54. The van der Waals surface area contributed by atoms with Crippen molar-refractivity contribution in [2.45, 2.75) is 141 Å². The molecule has 0 bridgehead atoms. The lowest BCUT2D eigenvalue weighted by Gasteiger charge is -2.30. The van der Waals surface area contributed by atoms with E-state index in [1.165, 1.54) is 24.0 Å². The topological polar surface area (TPSA) is 326 Å². The number of methoxy groups -OCH3 is 2. The first-order chi connectivity index (χ1) is 50.6. The van der Waals surface area contributed by atoms with Gasteiger partial charge in [0.15, 0.2) is 0 Å². The maximum absolute atomic E-state index is 14.1. The molecular weight excluding hydrogens is 1340 g/mol. The fourth-order valence-electron chi connectivity index (χ4n) is 14.8. The SMILES string of the molecule is COC(=O)N[C@H](C(=O)N1CCC[C@H]1C(=O)Nc1ccc(-c2ccc3nc(NC(=O)[C@@H]4CCCN4C(=O)Cc4cccc(-c5cccc(CC(=O)N6CCC[C@H]6C(=O)Nc6ccc(C7=Cc8ccc(NC(=O)[C@@H]9CCCN9C(=O)[C@@H](NC(=O)OC)C(C)C)nc8CC7C)cn6)c5)c4)ccc3c2)cn1)C(C)C. The summed E-state index contributed by atoms with van der Waals surface area (Å²) in [7, 11) is 2.47. The molecule has 4 fully saturated rings. The average molecular weight is 1430 g/mol. The summed E-state index contributed by atoms with van der Waals surface area (Å²) in [5.41, 5.74) is 9.14. The summed E-state index contributed by atoms with van der Waals surface area (Å²) >= 11 is 0. The predicted molar refractivity (Wildman–Crippen MR) is 395 cm³/mol. The van der Waals surface area contributed by atoms with Gasteiger partial charge in [-0.1, -0.05) is 89.2 Å². The van der Waals surface area contributed by atoms with Gasteiger partial charge in [0, 0.05) is 49.5 Å². The van der Waals surface area contributed by atoms with E-state index in [2.05, 4.69) is 54.9 Å². The first-order valence-electron chi connectivity index (χ1n) is 36.0. The highest BCUT2D eigenvalue weighted by Crippen LogP contribution is 2.36. The van der Waals surface area contributed by atoms with Crippen molar-refractivity contribution in [3.63, 3.8) is 0 Å². The van der Waals surface area contributed by atoms with Crippen molar-refractivity contribution in [2.24, 2.45) is 17.8 Å². The maximum atomic E-state index is 14.1. The number of benzene rings is 3. The molecular formula is C79H88N14O12. The predicted octanol–water partition coefficient (Wildman–Crippen LogP) is 9.45. The summed E-state index contributed by atoms with van der Waals surface area (Å²) in [6, 6.07) is 31.0. The summed E-state index contributed by atoms with van der Waals surface area (Å²) in [5.74, 6) is -1.42. The molecule has 8 heterocycles. The van der Waals surface area contributed by atoms with E-state index in [-0.39, 0.29) is 77.9 Å². The lowest BCUT2D eigenvalue weighted by atomic mass is 9.84. The third-order valence-electron chi connectivity index (χ3n) is 20.3. The summed E-state index contributed by atoms with van der Waals surface area (Å²) < 4.78 is 9.45. The minimum absolute atomic E-state index is 0.0337. The standard InChI is InChI=1S/C79H88N14O12/c1-45(2)70(88-78(102)104-6)76(100)92-34-12-20-62(92)74(98)85-64-28-25-55(43-80-64)52-22-27-58-53(41-52)23-30-66(82-58)86-73(97)61-19-11-33-91(61)69(95)40-49-15-9-17-51(38-49)50-16-8-14-48(37-50)39-68(94)90-32-10-18-60(90)72(96)84-65-29-26-56(44-81-65)57-42-54-24-31-67(83-59(54)36-47(57)5)87-75(99)63-21-13-35-93(63)77(101)71(46(3)4)89-79(103)105-7/h8-9,14-17,22-31,37-38,41-47,60-63,70-71H,10-13,18-21,32-36,39-40H2,1-7H3,(H,88,102)(H,89,103)(H,80,85,98)(H,81,84,96)(H,82,86,97)(H,83,87,99)/t47?,60-,61-,62-,63-,70-,71-/m0/s1. The Hall–Kier alpha value is -11.4. The molecule has 6 N–H and O–H groups in total. The molecule has 3 aromatic carbocycles. The third kappa shape index (κ3) is 17.0. The number of nitrogens with zero attached hydrogens (tertiary/aromatic N) is 8. The van der Waals surface area contributed by atoms with Gasteiger partial charge in [-0.25, -0.2) is 29.5 Å². The largest absolute Gasteiger partial charge is 0.453 e. The monoisotopic (exact) mass is 1420 g/mol. The van der Waals surface area contributed by atoms with Crippen molar-refractivity contribution in [1.29, 1.82) is 0 Å². The van der Waals surface area contributed by atoms with Crippen LogP contribution in [0, 0.1) is 17.8 Å². The van der Waals surface area contributed by atoms with Gasteiger partial charge in [0.1, 0.15) is 59.5 Å². The van der Waals surface area contributed by atoms with Crippen LogP contribution < -0.4 is 31.9 Å². The first-order valence-corrected chi connectivity index (χ1v) is 36.0. The number of nitrogens with one attached hydrogen (secondary N) is 6. The van der Waals surface area contributed by atoms with Crippen LogP contribution in [0.5, 0.6) is 0 Å². The molecule has 105 heavy (non-hydrogen) atoms. The number of aromatic nitrogens is 4. The fraction of sp³-hybridized carbons (Fsp3) is 0.392. The fourth-order valence-corrected chi connectivity index (χ4v) is 14.8. The molecule has 4 saturated heterocycles. The van der Waals surface area contributed by atoms with E-state index < -0.39 is 48.4 Å². The summed E-state index contributed by atoms with van der Waals surface area (Å²) in [5, 5.41) is 17.7. The average Bonchev–Trinajstić information content (AvgIpc) is 1.70. The molecule has 4 aliphatic heterocycles. The lowest BCUT2D eigenvalue weighted by molar-refractivity contribution is -0.139. The Morgan fingerprint density at radius 2 is 0.886 bits per heavy atom. The van der Waals surface area contributed by atoms with Crippen LogP contribution in [0.2, 0.25) is 0 Å². The minimum atomic E-state index is -0.849. The Balaban J connectivity index is 0.606. The Morgan fingerprint density at radius 3 is 1.35 bits per heavy atom. The van der Waals surface area contributed by atoms with Crippen LogP contribution in [0.3, 0.4) is 0 Å². The van der Waals surface area contributed by atoms with Crippen LogP contribution >= 0.6 is 0 Å². The highest BCUT2D eigenvalue weighted by atomic mass is 16.5. The number of likely N-dealkylation sites (tertiary alicyclic amines) is 4. The maximum Gasteiger partial charge on any atom is 0.407 e. The van der Waals surface area contributed by atoms with Gasteiger partial charge >= 0.3 is 12.2 Å². The number of fused-ring (bicyclic) bond motifs is 2. The molecule has 4 aromatic heterocycles. The number of ether oxygens (including phenoxy) is 2. The number of hydrogen-bond acceptors (Lipinski definition) is 16. The third-order valence-corrected chi connectivity index (χ3v) is 20.3. The number of carbonyl (C=O) groups excluding carboxylic acids is 10. The molecule has 0 radical (unpaired) electrons. The van der Waals surface area contributed by atoms with Gasteiger partial charge < -0.3 is 61.0 Å². The molecule has 0 saturated carbocycles. The van der Waals surface area contributed by atoms with E-state index in [0.29, 0.717) is 113 Å². The van der Waals surface area contributed by atoms with Crippen LogP contribution in [0.4, 0.5) is 32.9 Å². The van der Waals surface area contributed by atoms with Gasteiger partial charge in [0.05, 0.1) is 38.3 Å². The normalized spacial score (nSPS) is 18.9. The molecule has 26 heteroatoms. The second kappa shape index (κ2) is 32.5. The van der Waals surface area contributed by atoms with Crippen LogP contribution in [-0.4, -0.2) is 176 Å². The van der Waals surface area contributed by atoms with Crippen LogP contribution in [-0.2, 0) is 67.1 Å². The molecule has 1 unspecified atom stereocenters. The van der Waals surface area contributed by atoms with Crippen LogP contribution in [0.15, 0.2) is 128 Å². The van der Waals surface area contributed by atoms with E-state index >= 15 is 0 Å². The van der Waals surface area contributed by atoms with Gasteiger partial charge in [-0.2, -0.15) is 0 Å². The molecule has 7 atom stereocenters. The summed E-state index contributed by atoms with van der Waals surface area (Å²) in [6.07, 6.45) is 9.30. The second-order valence-electron chi connectivity index (χ2n) is 28.2. The molecule has 10 amide bonds. The van der Waals surface area contributed by atoms with Crippen LogP contribution in [0.25, 0.3) is 44.8 Å². The van der Waals surface area contributed by atoms with Crippen LogP contribution in [0.1, 0.15) is 114 Å². The molecule has 7 aromatic rings. The smallest absolute Gasteiger partial charge is 0.407 e. The van der Waals surface area contributed by atoms with Crippen molar-refractivity contribution in [2.75, 3.05) is 61.7 Å². The number of anilines is 4. The Bertz CT molecular complexity index is 4530. The first kappa shape index (κ1) is 73.3. The van der Waals surface area contributed by atoms with E-state index in [1.54, 1.807) is 46.5 Å². The van der Waals surface area contributed by atoms with Gasteiger partial charge in [-0.05, 0) is 187 Å². The second-order valence-corrected chi connectivity index (χ2v) is 28.2. The van der Waals surface area contributed by atoms with Gasteiger partial charge in [0.2, 0.25) is 47.3 Å². The zero-order valence-corrected chi connectivity index (χ0v) is 60.0. The van der Waals surface area contributed by atoms with E-state index in [1.807, 2.05) is 119 Å². The Morgan fingerprint density at radius 1 is 0.467 bits per heavy atom. The Labute approximate surface area is 608 Å². The molecule has 26 nitrogen and oxygen atoms in total. The highest BCUT2D eigenvalue weighted by Gasteiger charge is 2.42. The molecule has 12 rings (SSSR count). The number of alkyl carbamates (subject to hydrolysis) is 2.